The van der Waals surface area contributed by atoms with E-state index < -0.39 is 6.10 Å². The highest BCUT2D eigenvalue weighted by Gasteiger charge is 2.23. The Balaban J connectivity index is 1.70. The number of hydrogen-bond acceptors (Lipinski definition) is 3. The van der Waals surface area contributed by atoms with Gasteiger partial charge in [0.1, 0.15) is 11.5 Å². The van der Waals surface area contributed by atoms with Crippen LogP contribution < -0.4 is 14.8 Å². The van der Waals surface area contributed by atoms with Crippen molar-refractivity contribution in [3.05, 3.63) is 59.2 Å². The Bertz CT molecular complexity index is 813. The van der Waals surface area contributed by atoms with Gasteiger partial charge in [-0.2, -0.15) is 0 Å². The van der Waals surface area contributed by atoms with Crippen molar-refractivity contribution in [3.63, 3.8) is 0 Å². The van der Waals surface area contributed by atoms with Crippen LogP contribution in [0.2, 0.25) is 0 Å². The number of aryl methyl sites for hydroxylation is 1. The second-order valence-corrected chi connectivity index (χ2v) is 8.32. The molecule has 0 heterocycles. The number of amides is 1. The monoisotopic (exact) mass is 395 g/mol. The predicted octanol–water partition coefficient (Wildman–Crippen LogP) is 5.24. The Morgan fingerprint density at radius 3 is 2.45 bits per heavy atom. The summed E-state index contributed by atoms with van der Waals surface area (Å²) in [6.07, 6.45) is 4.86. The van der Waals surface area contributed by atoms with Gasteiger partial charge in [0.15, 0.2) is 6.10 Å². The molecule has 2 aromatic carbocycles. The van der Waals surface area contributed by atoms with Crippen LogP contribution in [0.3, 0.4) is 0 Å². The molecule has 29 heavy (non-hydrogen) atoms. The van der Waals surface area contributed by atoms with Crippen molar-refractivity contribution in [2.75, 3.05) is 7.11 Å². The third kappa shape index (κ3) is 5.53. The molecule has 4 heteroatoms. The third-order valence-corrected chi connectivity index (χ3v) is 5.57. The zero-order valence-corrected chi connectivity index (χ0v) is 18.0. The fraction of sp³-hybridized carbons (Fsp3) is 0.480. The quantitative estimate of drug-likeness (QED) is 0.664. The summed E-state index contributed by atoms with van der Waals surface area (Å²) in [5.74, 6) is 2.04. The summed E-state index contributed by atoms with van der Waals surface area (Å²) in [5.41, 5.74) is 3.71. The minimum absolute atomic E-state index is 0.0517. The number of carbonyl (C=O) groups is 1. The van der Waals surface area contributed by atoms with E-state index >= 15 is 0 Å². The summed E-state index contributed by atoms with van der Waals surface area (Å²) >= 11 is 0. The van der Waals surface area contributed by atoms with Crippen molar-refractivity contribution >= 4 is 5.91 Å². The second-order valence-electron chi connectivity index (χ2n) is 8.32. The fourth-order valence-corrected chi connectivity index (χ4v) is 3.98. The highest BCUT2D eigenvalue weighted by atomic mass is 16.5. The van der Waals surface area contributed by atoms with Crippen LogP contribution in [0.5, 0.6) is 11.5 Å². The van der Waals surface area contributed by atoms with Crippen LogP contribution in [0.25, 0.3) is 0 Å². The molecule has 1 amide bonds. The van der Waals surface area contributed by atoms with Gasteiger partial charge >= 0.3 is 0 Å². The van der Waals surface area contributed by atoms with Gasteiger partial charge in [-0.3, -0.25) is 4.79 Å². The molecule has 1 N–H and O–H groups in total. The molecule has 1 aliphatic rings. The fourth-order valence-electron chi connectivity index (χ4n) is 3.98. The molecule has 0 aromatic heterocycles. The van der Waals surface area contributed by atoms with Gasteiger partial charge in [-0.05, 0) is 79.8 Å². The Hall–Kier alpha value is -2.49. The lowest BCUT2D eigenvalue weighted by atomic mass is 9.91. The lowest BCUT2D eigenvalue weighted by Crippen LogP contribution is -2.39. The van der Waals surface area contributed by atoms with E-state index in [0.29, 0.717) is 5.92 Å². The molecule has 3 rings (SSSR count). The molecule has 0 aliphatic heterocycles. The molecule has 156 valence electrons. The van der Waals surface area contributed by atoms with Crippen molar-refractivity contribution in [3.8, 4) is 11.5 Å². The molecule has 1 aliphatic carbocycles. The Morgan fingerprint density at radius 1 is 1.03 bits per heavy atom. The van der Waals surface area contributed by atoms with Crippen LogP contribution in [0.1, 0.15) is 62.8 Å². The SMILES string of the molecule is COc1ccc([C@@H](CC(C)C)NC(=O)[C@@H](C)Oc2cccc3c2CCCC3)cc1. The van der Waals surface area contributed by atoms with Gasteiger partial charge in [-0.1, -0.05) is 38.1 Å². The Morgan fingerprint density at radius 2 is 1.76 bits per heavy atom. The van der Waals surface area contributed by atoms with Gasteiger partial charge in [0.25, 0.3) is 5.91 Å². The van der Waals surface area contributed by atoms with Crippen LogP contribution >= 0.6 is 0 Å². The highest BCUT2D eigenvalue weighted by Crippen LogP contribution is 2.30. The standard InChI is InChI=1S/C25H33NO3/c1-17(2)16-23(20-12-14-21(28-4)15-13-20)26-25(27)18(3)29-24-11-7-9-19-8-5-6-10-22(19)24/h7,9,11-15,17-18,23H,5-6,8,10,16H2,1-4H3,(H,26,27)/t18-,23-/m1/s1. The minimum atomic E-state index is -0.545. The van der Waals surface area contributed by atoms with Gasteiger partial charge in [0, 0.05) is 0 Å². The summed E-state index contributed by atoms with van der Waals surface area (Å²) < 4.78 is 11.4. The third-order valence-electron chi connectivity index (χ3n) is 5.57. The average Bonchev–Trinajstić information content (AvgIpc) is 2.73. The molecule has 0 saturated heterocycles. The van der Waals surface area contributed by atoms with Crippen molar-refractivity contribution < 1.29 is 14.3 Å². The summed E-state index contributed by atoms with van der Waals surface area (Å²) in [6.45, 7) is 6.16. The van der Waals surface area contributed by atoms with E-state index in [2.05, 4.69) is 25.2 Å². The van der Waals surface area contributed by atoms with E-state index in [1.165, 1.54) is 24.0 Å². The number of fused-ring (bicyclic) bond motifs is 1. The number of benzene rings is 2. The number of methoxy groups -OCH3 is 1. The summed E-state index contributed by atoms with van der Waals surface area (Å²) in [5, 5.41) is 3.20. The predicted molar refractivity (Wildman–Crippen MR) is 117 cm³/mol. The van der Waals surface area contributed by atoms with Gasteiger partial charge in [-0.15, -0.1) is 0 Å². The molecule has 2 aromatic rings. The van der Waals surface area contributed by atoms with Gasteiger partial charge < -0.3 is 14.8 Å². The van der Waals surface area contributed by atoms with Crippen molar-refractivity contribution in [2.24, 2.45) is 5.92 Å². The summed E-state index contributed by atoms with van der Waals surface area (Å²) in [7, 11) is 1.66. The maximum Gasteiger partial charge on any atom is 0.261 e. The van der Waals surface area contributed by atoms with Crippen LogP contribution in [0.15, 0.2) is 42.5 Å². The van der Waals surface area contributed by atoms with E-state index in [1.54, 1.807) is 7.11 Å². The minimum Gasteiger partial charge on any atom is -0.497 e. The summed E-state index contributed by atoms with van der Waals surface area (Å²) in [4.78, 5) is 12.9. The molecule has 0 radical (unpaired) electrons. The molecule has 4 nitrogen and oxygen atoms in total. The number of hydrogen-bond donors (Lipinski definition) is 1. The molecule has 0 unspecified atom stereocenters. The first-order valence-electron chi connectivity index (χ1n) is 10.7. The zero-order chi connectivity index (χ0) is 20.8. The van der Waals surface area contributed by atoms with E-state index in [0.717, 1.165) is 36.3 Å². The Kier molecular flexibility index (Phi) is 7.18. The first-order valence-corrected chi connectivity index (χ1v) is 10.7. The highest BCUT2D eigenvalue weighted by molar-refractivity contribution is 5.81. The first kappa shape index (κ1) is 21.2. The number of ether oxygens (including phenoxy) is 2. The second kappa shape index (κ2) is 9.82. The van der Waals surface area contributed by atoms with Crippen molar-refractivity contribution in [1.29, 1.82) is 0 Å². The molecule has 0 spiro atoms. The smallest absolute Gasteiger partial charge is 0.261 e. The largest absolute Gasteiger partial charge is 0.497 e. The van der Waals surface area contributed by atoms with E-state index in [4.69, 9.17) is 9.47 Å². The van der Waals surface area contributed by atoms with Crippen LogP contribution in [-0.2, 0) is 17.6 Å². The van der Waals surface area contributed by atoms with Gasteiger partial charge in [0.05, 0.1) is 13.2 Å². The van der Waals surface area contributed by atoms with Crippen molar-refractivity contribution in [2.45, 2.75) is 65.0 Å². The molecular formula is C25H33NO3. The van der Waals surface area contributed by atoms with Gasteiger partial charge in [0.2, 0.25) is 0 Å². The van der Waals surface area contributed by atoms with E-state index in [-0.39, 0.29) is 11.9 Å². The lowest BCUT2D eigenvalue weighted by Gasteiger charge is -2.25. The first-order chi connectivity index (χ1) is 14.0. The van der Waals surface area contributed by atoms with Crippen molar-refractivity contribution in [1.82, 2.24) is 5.32 Å². The molecule has 0 bridgehead atoms. The normalized spacial score (nSPS) is 15.3. The maximum absolute atomic E-state index is 12.9. The maximum atomic E-state index is 12.9. The molecule has 2 atom stereocenters. The lowest BCUT2D eigenvalue weighted by molar-refractivity contribution is -0.128. The Labute approximate surface area is 174 Å². The van der Waals surface area contributed by atoms with Gasteiger partial charge in [-0.25, -0.2) is 0 Å². The number of rotatable bonds is 8. The van der Waals surface area contributed by atoms with Crippen LogP contribution in [0.4, 0.5) is 0 Å². The zero-order valence-electron chi connectivity index (χ0n) is 18.0. The number of carbonyl (C=O) groups excluding carboxylic acids is 1. The summed E-state index contributed by atoms with van der Waals surface area (Å²) in [6, 6.07) is 14.1. The van der Waals surface area contributed by atoms with Crippen LogP contribution in [-0.4, -0.2) is 19.1 Å². The van der Waals surface area contributed by atoms with Crippen LogP contribution in [0, 0.1) is 5.92 Å². The van der Waals surface area contributed by atoms with E-state index in [9.17, 15) is 4.79 Å². The van der Waals surface area contributed by atoms with E-state index in [1.807, 2.05) is 43.3 Å². The molecular weight excluding hydrogens is 362 g/mol. The average molecular weight is 396 g/mol. The number of nitrogens with one attached hydrogen (secondary N) is 1. The topological polar surface area (TPSA) is 47.6 Å². The molecule has 0 fully saturated rings. The molecule has 0 saturated carbocycles.